The first-order valence-electron chi connectivity index (χ1n) is 3.97. The normalized spacial score (nSPS) is 44.8. The largest absolute Gasteiger partial charge is 0.389 e. The van der Waals surface area contributed by atoms with Gasteiger partial charge in [0.25, 0.3) is 0 Å². The molecule has 0 bridgehead atoms. The predicted octanol–water partition coefficient (Wildman–Crippen LogP) is -2.18. The van der Waals surface area contributed by atoms with Crippen LogP contribution < -0.4 is 5.73 Å². The second-order valence-corrected chi connectivity index (χ2v) is 3.09. The van der Waals surface area contributed by atoms with Gasteiger partial charge < -0.3 is 25.8 Å². The van der Waals surface area contributed by atoms with Gasteiger partial charge in [0.05, 0.1) is 12.2 Å². The lowest BCUT2D eigenvalue weighted by Gasteiger charge is -2.19. The van der Waals surface area contributed by atoms with Crippen molar-refractivity contribution in [2.24, 2.45) is 5.73 Å². The molecule has 5 nitrogen and oxygen atoms in total. The third kappa shape index (κ3) is 1.60. The molecule has 1 saturated heterocycles. The zero-order valence-electron chi connectivity index (χ0n) is 6.92. The van der Waals surface area contributed by atoms with Crippen LogP contribution in [0.3, 0.4) is 0 Å². The number of rotatable bonds is 2. The summed E-state index contributed by atoms with van der Waals surface area (Å²) in [6, 6.07) is 0. The fourth-order valence-electron chi connectivity index (χ4n) is 1.33. The quantitative estimate of drug-likeness (QED) is 0.384. The number of hydrogen-bond donors (Lipinski definition) is 4. The number of aliphatic hydroxyl groups excluding tert-OH is 3. The molecule has 1 aliphatic heterocycles. The molecule has 12 heavy (non-hydrogen) atoms. The molecular weight excluding hydrogens is 162 g/mol. The van der Waals surface area contributed by atoms with E-state index in [-0.39, 0.29) is 6.54 Å². The lowest BCUT2D eigenvalue weighted by Crippen LogP contribution is -2.42. The summed E-state index contributed by atoms with van der Waals surface area (Å²) in [7, 11) is 0. The highest BCUT2D eigenvalue weighted by atomic mass is 16.6. The number of nitrogens with two attached hydrogens (primary N) is 1. The molecule has 72 valence electrons. The van der Waals surface area contributed by atoms with E-state index in [9.17, 15) is 15.3 Å². The van der Waals surface area contributed by atoms with Crippen molar-refractivity contribution in [3.63, 3.8) is 0 Å². The number of aliphatic hydroxyl groups is 3. The minimum Gasteiger partial charge on any atom is -0.389 e. The van der Waals surface area contributed by atoms with Crippen LogP contribution in [0.2, 0.25) is 0 Å². The number of hydrogen-bond acceptors (Lipinski definition) is 5. The highest BCUT2D eigenvalue weighted by Crippen LogP contribution is 2.22. The van der Waals surface area contributed by atoms with Crippen LogP contribution in [0.15, 0.2) is 0 Å². The molecule has 1 rings (SSSR count). The van der Waals surface area contributed by atoms with Crippen LogP contribution in [-0.2, 0) is 4.74 Å². The molecule has 1 fully saturated rings. The molecule has 1 aliphatic rings. The van der Waals surface area contributed by atoms with E-state index < -0.39 is 30.5 Å². The van der Waals surface area contributed by atoms with Gasteiger partial charge >= 0.3 is 0 Å². The monoisotopic (exact) mass is 177 g/mol. The average molecular weight is 177 g/mol. The predicted molar refractivity (Wildman–Crippen MR) is 41.4 cm³/mol. The summed E-state index contributed by atoms with van der Waals surface area (Å²) in [6.45, 7) is 1.65. The maximum absolute atomic E-state index is 9.34. The van der Waals surface area contributed by atoms with E-state index in [2.05, 4.69) is 0 Å². The Morgan fingerprint density at radius 3 is 2.33 bits per heavy atom. The van der Waals surface area contributed by atoms with Crippen LogP contribution in [-0.4, -0.2) is 52.4 Å². The van der Waals surface area contributed by atoms with E-state index in [4.69, 9.17) is 10.5 Å². The van der Waals surface area contributed by atoms with Crippen LogP contribution in [0.4, 0.5) is 0 Å². The molecular formula is C7H15NO4. The Balaban J connectivity index is 2.58. The summed E-state index contributed by atoms with van der Waals surface area (Å²) in [5.74, 6) is 0. The topological polar surface area (TPSA) is 95.9 Å². The van der Waals surface area contributed by atoms with E-state index in [0.29, 0.717) is 0 Å². The summed E-state index contributed by atoms with van der Waals surface area (Å²) < 4.78 is 5.11. The van der Waals surface area contributed by atoms with Crippen molar-refractivity contribution in [2.45, 2.75) is 37.4 Å². The van der Waals surface area contributed by atoms with Gasteiger partial charge in [-0.15, -0.1) is 0 Å². The van der Waals surface area contributed by atoms with Crippen molar-refractivity contribution < 1.29 is 20.1 Å². The van der Waals surface area contributed by atoms with Crippen LogP contribution in [0.5, 0.6) is 0 Å². The fraction of sp³-hybridized carbons (Fsp3) is 1.00. The van der Waals surface area contributed by atoms with Crippen molar-refractivity contribution in [1.82, 2.24) is 0 Å². The third-order valence-corrected chi connectivity index (χ3v) is 2.16. The summed E-state index contributed by atoms with van der Waals surface area (Å²) in [5.41, 5.74) is 5.18. The molecule has 5 atom stereocenters. The van der Waals surface area contributed by atoms with Crippen molar-refractivity contribution in [3.8, 4) is 0 Å². The Kier molecular flexibility index (Phi) is 3.03. The second-order valence-electron chi connectivity index (χ2n) is 3.09. The molecule has 1 heterocycles. The summed E-state index contributed by atoms with van der Waals surface area (Å²) in [5, 5.41) is 27.8. The smallest absolute Gasteiger partial charge is 0.114 e. The van der Waals surface area contributed by atoms with E-state index in [0.717, 1.165) is 0 Å². The van der Waals surface area contributed by atoms with Gasteiger partial charge in [0.15, 0.2) is 0 Å². The first-order chi connectivity index (χ1) is 5.57. The zero-order valence-corrected chi connectivity index (χ0v) is 6.92. The Morgan fingerprint density at radius 2 is 2.00 bits per heavy atom. The minimum absolute atomic E-state index is 0.0150. The minimum atomic E-state index is -1.04. The molecule has 0 amide bonds. The van der Waals surface area contributed by atoms with Crippen molar-refractivity contribution in [3.05, 3.63) is 0 Å². The first kappa shape index (κ1) is 9.88. The van der Waals surface area contributed by atoms with Crippen molar-refractivity contribution in [1.29, 1.82) is 0 Å². The van der Waals surface area contributed by atoms with E-state index in [1.807, 2.05) is 0 Å². The van der Waals surface area contributed by atoms with Crippen molar-refractivity contribution in [2.75, 3.05) is 6.54 Å². The molecule has 0 aromatic carbocycles. The maximum atomic E-state index is 9.34. The van der Waals surface area contributed by atoms with Crippen LogP contribution in [0, 0.1) is 0 Å². The lowest BCUT2D eigenvalue weighted by atomic mass is 10.0. The van der Waals surface area contributed by atoms with Crippen LogP contribution in [0.25, 0.3) is 0 Å². The van der Waals surface area contributed by atoms with Gasteiger partial charge in [0.1, 0.15) is 18.3 Å². The second kappa shape index (κ2) is 3.68. The van der Waals surface area contributed by atoms with Gasteiger partial charge in [-0.2, -0.15) is 0 Å². The molecule has 3 unspecified atom stereocenters. The molecule has 5 N–H and O–H groups in total. The van der Waals surface area contributed by atoms with Gasteiger partial charge in [-0.25, -0.2) is 0 Å². The number of ether oxygens (including phenoxy) is 1. The summed E-state index contributed by atoms with van der Waals surface area (Å²) >= 11 is 0. The lowest BCUT2D eigenvalue weighted by molar-refractivity contribution is -0.0580. The highest BCUT2D eigenvalue weighted by Gasteiger charge is 2.43. The summed E-state index contributed by atoms with van der Waals surface area (Å²) in [4.78, 5) is 0. The maximum Gasteiger partial charge on any atom is 0.114 e. The molecule has 5 heteroatoms. The molecule has 0 radical (unpaired) electrons. The van der Waals surface area contributed by atoms with Gasteiger partial charge in [-0.1, -0.05) is 0 Å². The Labute approximate surface area is 70.8 Å². The third-order valence-electron chi connectivity index (χ3n) is 2.16. The van der Waals surface area contributed by atoms with Gasteiger partial charge in [-0.3, -0.25) is 0 Å². The molecule has 0 saturated carbocycles. The van der Waals surface area contributed by atoms with Gasteiger partial charge in [0, 0.05) is 6.54 Å². The standard InChI is InChI=1S/C7H15NO4/c1-3-5(10)6(11)7(12-3)4(9)2-8/h3-7,9-11H,2,8H2,1H3/t3-,4?,5?,6?,7+/m0/s1. The van der Waals surface area contributed by atoms with Crippen LogP contribution >= 0.6 is 0 Å². The van der Waals surface area contributed by atoms with E-state index in [1.165, 1.54) is 0 Å². The first-order valence-corrected chi connectivity index (χ1v) is 3.97. The van der Waals surface area contributed by atoms with E-state index in [1.54, 1.807) is 6.92 Å². The molecule has 0 aromatic rings. The summed E-state index contributed by atoms with van der Waals surface area (Å²) in [6.07, 6.45) is -4.11. The Hall–Kier alpha value is -0.200. The average Bonchev–Trinajstić information content (AvgIpc) is 2.32. The SMILES string of the molecule is C[C@@H]1O[C@H](C(O)CN)C(O)C1O. The Bertz CT molecular complexity index is 154. The Morgan fingerprint density at radius 1 is 1.42 bits per heavy atom. The van der Waals surface area contributed by atoms with Gasteiger partial charge in [-0.05, 0) is 6.92 Å². The zero-order chi connectivity index (χ0) is 9.30. The van der Waals surface area contributed by atoms with Gasteiger partial charge in [0.2, 0.25) is 0 Å². The molecule has 0 aliphatic carbocycles. The molecule has 0 aromatic heterocycles. The van der Waals surface area contributed by atoms with E-state index >= 15 is 0 Å². The van der Waals surface area contributed by atoms with Crippen molar-refractivity contribution >= 4 is 0 Å². The highest BCUT2D eigenvalue weighted by molar-refractivity contribution is 4.92. The fourth-order valence-corrected chi connectivity index (χ4v) is 1.33. The molecule has 0 spiro atoms. The van der Waals surface area contributed by atoms with Crippen LogP contribution in [0.1, 0.15) is 6.92 Å².